The van der Waals surface area contributed by atoms with Gasteiger partial charge < -0.3 is 0 Å². The standard InChI is InChI=1S/C30H28/c1-2-3-5-14-23-16-10-18-26(22-12-6-4-7-13-22)30(23)28-20-11-19-27-25-17-9-8-15-24(25)21-29(27)28/h4,6-13,15-20H,2-3,5,14,21H2,1H3. The molecule has 4 aromatic rings. The molecule has 0 fully saturated rings. The van der Waals surface area contributed by atoms with E-state index in [2.05, 4.69) is 97.9 Å². The first kappa shape index (κ1) is 18.9. The summed E-state index contributed by atoms with van der Waals surface area (Å²) in [5.41, 5.74) is 12.7. The third-order valence-electron chi connectivity index (χ3n) is 6.41. The largest absolute Gasteiger partial charge is 0.0654 e. The Labute approximate surface area is 180 Å². The first-order chi connectivity index (χ1) is 14.9. The summed E-state index contributed by atoms with van der Waals surface area (Å²) in [6.45, 7) is 2.28. The van der Waals surface area contributed by atoms with Gasteiger partial charge in [-0.3, -0.25) is 0 Å². The van der Waals surface area contributed by atoms with Crippen molar-refractivity contribution in [3.05, 3.63) is 108 Å². The van der Waals surface area contributed by atoms with Crippen LogP contribution in [-0.2, 0) is 12.8 Å². The van der Waals surface area contributed by atoms with E-state index >= 15 is 0 Å². The van der Waals surface area contributed by atoms with Gasteiger partial charge in [0.1, 0.15) is 0 Å². The summed E-state index contributed by atoms with van der Waals surface area (Å²) in [5.74, 6) is 0. The third-order valence-corrected chi connectivity index (χ3v) is 6.41. The molecule has 0 heteroatoms. The van der Waals surface area contributed by atoms with Gasteiger partial charge in [-0.1, -0.05) is 111 Å². The molecule has 148 valence electrons. The van der Waals surface area contributed by atoms with E-state index < -0.39 is 0 Å². The Bertz CT molecular complexity index is 1170. The van der Waals surface area contributed by atoms with Crippen molar-refractivity contribution in [1.82, 2.24) is 0 Å². The van der Waals surface area contributed by atoms with Crippen molar-refractivity contribution < 1.29 is 0 Å². The highest BCUT2D eigenvalue weighted by Crippen LogP contribution is 2.45. The van der Waals surface area contributed by atoms with E-state index in [1.807, 2.05) is 0 Å². The van der Waals surface area contributed by atoms with Crippen molar-refractivity contribution in [2.24, 2.45) is 0 Å². The zero-order valence-corrected chi connectivity index (χ0v) is 17.7. The molecule has 1 aliphatic carbocycles. The number of unbranched alkanes of at least 4 members (excludes halogenated alkanes) is 2. The maximum atomic E-state index is 2.35. The van der Waals surface area contributed by atoms with E-state index in [-0.39, 0.29) is 0 Å². The molecule has 30 heavy (non-hydrogen) atoms. The van der Waals surface area contributed by atoms with Gasteiger partial charge in [-0.2, -0.15) is 0 Å². The maximum Gasteiger partial charge on any atom is -0.000728 e. The zero-order valence-electron chi connectivity index (χ0n) is 17.7. The predicted octanol–water partition coefficient (Wildman–Crippen LogP) is 8.32. The van der Waals surface area contributed by atoms with Crippen molar-refractivity contribution in [3.63, 3.8) is 0 Å². The quantitative estimate of drug-likeness (QED) is 0.256. The first-order valence-corrected chi connectivity index (χ1v) is 11.2. The van der Waals surface area contributed by atoms with E-state index in [1.54, 1.807) is 0 Å². The van der Waals surface area contributed by atoms with Crippen LogP contribution in [0.15, 0.2) is 91.0 Å². The minimum atomic E-state index is 1.03. The molecule has 0 aliphatic heterocycles. The summed E-state index contributed by atoms with van der Waals surface area (Å²) in [7, 11) is 0. The van der Waals surface area contributed by atoms with Gasteiger partial charge in [0.05, 0.1) is 0 Å². The van der Waals surface area contributed by atoms with Crippen molar-refractivity contribution in [2.45, 2.75) is 39.0 Å². The van der Waals surface area contributed by atoms with Crippen LogP contribution in [0.4, 0.5) is 0 Å². The Morgan fingerprint density at radius 3 is 2.17 bits per heavy atom. The van der Waals surface area contributed by atoms with Crippen molar-refractivity contribution in [1.29, 1.82) is 0 Å². The molecule has 5 rings (SSSR count). The average molecular weight is 389 g/mol. The molecule has 4 aromatic carbocycles. The number of hydrogen-bond donors (Lipinski definition) is 0. The predicted molar refractivity (Wildman–Crippen MR) is 129 cm³/mol. The van der Waals surface area contributed by atoms with Gasteiger partial charge in [0, 0.05) is 0 Å². The van der Waals surface area contributed by atoms with Crippen LogP contribution in [0, 0.1) is 0 Å². The number of aryl methyl sites for hydroxylation is 1. The summed E-state index contributed by atoms with van der Waals surface area (Å²) in [5, 5.41) is 0. The second kappa shape index (κ2) is 8.32. The topological polar surface area (TPSA) is 0 Å². The molecular weight excluding hydrogens is 360 g/mol. The summed E-state index contributed by atoms with van der Waals surface area (Å²) in [4.78, 5) is 0. The van der Waals surface area contributed by atoms with Gasteiger partial charge in [-0.15, -0.1) is 0 Å². The first-order valence-electron chi connectivity index (χ1n) is 11.2. The van der Waals surface area contributed by atoms with E-state index in [4.69, 9.17) is 0 Å². The summed E-state index contributed by atoms with van der Waals surface area (Å²) < 4.78 is 0. The Morgan fingerprint density at radius 1 is 0.600 bits per heavy atom. The van der Waals surface area contributed by atoms with Crippen molar-refractivity contribution >= 4 is 0 Å². The monoisotopic (exact) mass is 388 g/mol. The van der Waals surface area contributed by atoms with Crippen LogP contribution in [0.25, 0.3) is 33.4 Å². The lowest BCUT2D eigenvalue weighted by Crippen LogP contribution is -1.97. The molecule has 0 saturated heterocycles. The van der Waals surface area contributed by atoms with Gasteiger partial charge >= 0.3 is 0 Å². The van der Waals surface area contributed by atoms with Gasteiger partial charge in [0.25, 0.3) is 0 Å². The highest BCUT2D eigenvalue weighted by Gasteiger charge is 2.23. The Kier molecular flexibility index (Phi) is 5.24. The van der Waals surface area contributed by atoms with Crippen LogP contribution in [0.3, 0.4) is 0 Å². The molecule has 0 radical (unpaired) electrons. The van der Waals surface area contributed by atoms with Crippen molar-refractivity contribution in [3.8, 4) is 33.4 Å². The van der Waals surface area contributed by atoms with E-state index in [9.17, 15) is 0 Å². The number of rotatable bonds is 6. The van der Waals surface area contributed by atoms with Gasteiger partial charge in [-0.25, -0.2) is 0 Å². The summed E-state index contributed by atoms with van der Waals surface area (Å²) in [6, 6.07) is 33.5. The Balaban J connectivity index is 1.71. The normalized spacial score (nSPS) is 11.9. The molecular formula is C30H28. The van der Waals surface area contributed by atoms with Crippen LogP contribution in [0.2, 0.25) is 0 Å². The minimum absolute atomic E-state index is 1.03. The molecule has 0 unspecified atom stereocenters. The molecule has 0 bridgehead atoms. The number of fused-ring (bicyclic) bond motifs is 3. The molecule has 0 heterocycles. The lowest BCUT2D eigenvalue weighted by molar-refractivity contribution is 0.718. The molecule has 0 atom stereocenters. The summed E-state index contributed by atoms with van der Waals surface area (Å²) in [6.07, 6.45) is 5.95. The average Bonchev–Trinajstić information content (AvgIpc) is 3.19. The maximum absolute atomic E-state index is 2.35. The third kappa shape index (κ3) is 3.37. The molecule has 0 saturated carbocycles. The van der Waals surface area contributed by atoms with Crippen LogP contribution < -0.4 is 0 Å². The smallest absolute Gasteiger partial charge is 0.000728 e. The fourth-order valence-electron chi connectivity index (χ4n) is 4.94. The molecule has 0 aromatic heterocycles. The number of hydrogen-bond acceptors (Lipinski definition) is 0. The van der Waals surface area contributed by atoms with Crippen LogP contribution >= 0.6 is 0 Å². The zero-order chi connectivity index (χ0) is 20.3. The van der Waals surface area contributed by atoms with Gasteiger partial charge in [-0.05, 0) is 69.3 Å². The van der Waals surface area contributed by atoms with E-state index in [0.29, 0.717) is 0 Å². The highest BCUT2D eigenvalue weighted by molar-refractivity contribution is 5.92. The van der Waals surface area contributed by atoms with Crippen LogP contribution in [0.1, 0.15) is 42.9 Å². The fourth-order valence-corrected chi connectivity index (χ4v) is 4.94. The van der Waals surface area contributed by atoms with Crippen LogP contribution in [-0.4, -0.2) is 0 Å². The van der Waals surface area contributed by atoms with Crippen molar-refractivity contribution in [2.75, 3.05) is 0 Å². The van der Waals surface area contributed by atoms with E-state index in [1.165, 1.54) is 69.3 Å². The Morgan fingerprint density at radius 2 is 1.30 bits per heavy atom. The lowest BCUT2D eigenvalue weighted by atomic mass is 9.85. The Hall–Kier alpha value is -3.12. The SMILES string of the molecule is CCCCCc1cccc(-c2ccccc2)c1-c1cccc2c1Cc1ccccc1-2. The molecule has 0 spiro atoms. The molecule has 0 nitrogen and oxygen atoms in total. The molecule has 0 N–H and O–H groups in total. The molecule has 0 amide bonds. The van der Waals surface area contributed by atoms with Gasteiger partial charge in [0.2, 0.25) is 0 Å². The number of benzene rings is 4. The second-order valence-electron chi connectivity index (χ2n) is 8.33. The molecule has 1 aliphatic rings. The highest BCUT2D eigenvalue weighted by atomic mass is 14.3. The van der Waals surface area contributed by atoms with Crippen LogP contribution in [0.5, 0.6) is 0 Å². The summed E-state index contributed by atoms with van der Waals surface area (Å²) >= 11 is 0. The minimum Gasteiger partial charge on any atom is -0.0654 e. The lowest BCUT2D eigenvalue weighted by Gasteiger charge is -2.19. The second-order valence-corrected chi connectivity index (χ2v) is 8.33. The van der Waals surface area contributed by atoms with Gasteiger partial charge in [0.15, 0.2) is 0 Å². The fraction of sp³-hybridized carbons (Fsp3) is 0.200. The van der Waals surface area contributed by atoms with E-state index in [0.717, 1.165) is 12.8 Å².